The van der Waals surface area contributed by atoms with Crippen molar-refractivity contribution in [1.82, 2.24) is 30.2 Å². The van der Waals surface area contributed by atoms with Gasteiger partial charge < -0.3 is 15.7 Å². The molecule has 0 unspecified atom stereocenters. The summed E-state index contributed by atoms with van der Waals surface area (Å²) in [6, 6.07) is 7.98. The van der Waals surface area contributed by atoms with Gasteiger partial charge in [-0.25, -0.2) is 18.9 Å². The van der Waals surface area contributed by atoms with E-state index in [0.29, 0.717) is 16.7 Å². The molecule has 0 fully saturated rings. The first kappa shape index (κ1) is 24.1. The number of aromatic nitrogens is 4. The Morgan fingerprint density at radius 3 is 2.70 bits per heavy atom. The fourth-order valence-corrected chi connectivity index (χ4v) is 4.28. The Kier molecular flexibility index (Phi) is 6.17. The summed E-state index contributed by atoms with van der Waals surface area (Å²) in [5, 5.41) is 19.7. The topological polar surface area (TPSA) is 139 Å². The number of Topliss-reactive ketones (excluding diaryl/α,β-unsaturated/α-hetero) is 1. The predicted octanol–water partition coefficient (Wildman–Crippen LogP) is 1.92. The molecule has 10 nitrogen and oxygen atoms in total. The molecule has 188 valence electrons. The smallest absolute Gasteiger partial charge is 0.270 e. The van der Waals surface area contributed by atoms with Gasteiger partial charge in [0.15, 0.2) is 17.2 Å². The van der Waals surface area contributed by atoms with Gasteiger partial charge in [-0.2, -0.15) is 9.49 Å². The SMILES string of the molecule is CC(=O)c1ccc2c(c1)C[C@@H](O)[C@@H]2NC(=O)c1cc(C(=O)NCc2ccnc(F)c2)nc2c(F)cnn12. The molecule has 4 aromatic rings. The van der Waals surface area contributed by atoms with E-state index in [-0.39, 0.29) is 35.8 Å². The first-order valence-electron chi connectivity index (χ1n) is 11.3. The molecule has 0 bridgehead atoms. The van der Waals surface area contributed by atoms with Crippen LogP contribution in [-0.2, 0) is 13.0 Å². The highest BCUT2D eigenvalue weighted by atomic mass is 19.1. The fourth-order valence-electron chi connectivity index (χ4n) is 4.28. The molecule has 2 amide bonds. The monoisotopic (exact) mass is 506 g/mol. The van der Waals surface area contributed by atoms with Crippen LogP contribution in [0.1, 0.15) is 61.0 Å². The van der Waals surface area contributed by atoms with Crippen LogP contribution in [0.2, 0.25) is 0 Å². The van der Waals surface area contributed by atoms with Gasteiger partial charge in [0, 0.05) is 30.8 Å². The molecule has 0 radical (unpaired) electrons. The average molecular weight is 506 g/mol. The Morgan fingerprint density at radius 2 is 1.95 bits per heavy atom. The number of aliphatic hydroxyl groups excluding tert-OH is 1. The van der Waals surface area contributed by atoms with E-state index in [4.69, 9.17) is 0 Å². The zero-order chi connectivity index (χ0) is 26.3. The van der Waals surface area contributed by atoms with Gasteiger partial charge in [-0.1, -0.05) is 12.1 Å². The van der Waals surface area contributed by atoms with Crippen LogP contribution < -0.4 is 10.6 Å². The standard InChI is InChI=1S/C25H20F2N6O4/c1-12(34)14-2-3-16-15(7-14)8-20(35)22(16)32-25(37)19-9-18(31-23-17(26)11-30-33(19)23)24(36)29-10-13-4-5-28-21(27)6-13/h2-7,9,11,20,22,35H,8,10H2,1H3,(H,29,36)(H,32,37)/t20-,22-/m1/s1. The van der Waals surface area contributed by atoms with Crippen molar-refractivity contribution in [1.29, 1.82) is 0 Å². The molecule has 1 aliphatic carbocycles. The summed E-state index contributed by atoms with van der Waals surface area (Å²) in [4.78, 5) is 45.2. The van der Waals surface area contributed by atoms with Gasteiger partial charge >= 0.3 is 0 Å². The minimum atomic E-state index is -0.962. The van der Waals surface area contributed by atoms with E-state index in [1.54, 1.807) is 18.2 Å². The lowest BCUT2D eigenvalue weighted by Crippen LogP contribution is -2.35. The Balaban J connectivity index is 1.42. The summed E-state index contributed by atoms with van der Waals surface area (Å²) >= 11 is 0. The molecule has 3 N–H and O–H groups in total. The van der Waals surface area contributed by atoms with E-state index >= 15 is 0 Å². The first-order chi connectivity index (χ1) is 17.7. The van der Waals surface area contributed by atoms with Crippen molar-refractivity contribution in [3.8, 4) is 0 Å². The molecule has 0 aliphatic heterocycles. The van der Waals surface area contributed by atoms with Gasteiger partial charge in [0.05, 0.1) is 18.3 Å². The van der Waals surface area contributed by atoms with Crippen molar-refractivity contribution in [3.05, 3.63) is 94.2 Å². The van der Waals surface area contributed by atoms with Gasteiger partial charge in [0.1, 0.15) is 11.4 Å². The van der Waals surface area contributed by atoms with Crippen molar-refractivity contribution in [2.24, 2.45) is 0 Å². The number of rotatable bonds is 6. The minimum Gasteiger partial charge on any atom is -0.390 e. The lowest BCUT2D eigenvalue weighted by Gasteiger charge is -2.18. The van der Waals surface area contributed by atoms with Gasteiger partial charge in [-0.3, -0.25) is 14.4 Å². The summed E-state index contributed by atoms with van der Waals surface area (Å²) in [6.07, 6.45) is 1.38. The predicted molar refractivity (Wildman–Crippen MR) is 125 cm³/mol. The van der Waals surface area contributed by atoms with E-state index < -0.39 is 35.7 Å². The largest absolute Gasteiger partial charge is 0.390 e. The lowest BCUT2D eigenvalue weighted by molar-refractivity contribution is 0.0850. The van der Waals surface area contributed by atoms with E-state index in [1.807, 2.05) is 0 Å². The van der Waals surface area contributed by atoms with Crippen molar-refractivity contribution >= 4 is 23.2 Å². The number of hydrogen-bond acceptors (Lipinski definition) is 7. The fraction of sp³-hybridized carbons (Fsp3) is 0.200. The highest BCUT2D eigenvalue weighted by molar-refractivity contribution is 5.98. The van der Waals surface area contributed by atoms with Crippen LogP contribution in [0.4, 0.5) is 8.78 Å². The van der Waals surface area contributed by atoms with E-state index in [2.05, 4.69) is 25.7 Å². The molecule has 5 rings (SSSR count). The number of halogens is 2. The number of carbonyl (C=O) groups is 3. The van der Waals surface area contributed by atoms with E-state index in [0.717, 1.165) is 28.4 Å². The van der Waals surface area contributed by atoms with Gasteiger partial charge in [0.25, 0.3) is 11.8 Å². The Bertz CT molecular complexity index is 1570. The zero-order valence-electron chi connectivity index (χ0n) is 19.4. The van der Waals surface area contributed by atoms with E-state index in [1.165, 1.54) is 19.2 Å². The number of fused-ring (bicyclic) bond motifs is 2. The molecule has 1 aliphatic rings. The third kappa shape index (κ3) is 4.66. The molecule has 3 aromatic heterocycles. The quantitative estimate of drug-likeness (QED) is 0.268. The number of ketones is 1. The van der Waals surface area contributed by atoms with Crippen molar-refractivity contribution in [2.45, 2.75) is 32.0 Å². The van der Waals surface area contributed by atoms with Gasteiger partial charge in [-0.05, 0) is 41.8 Å². The average Bonchev–Trinajstić information content (AvgIpc) is 3.40. The second-order valence-corrected chi connectivity index (χ2v) is 8.62. The second-order valence-electron chi connectivity index (χ2n) is 8.62. The van der Waals surface area contributed by atoms with Crippen LogP contribution in [-0.4, -0.2) is 48.4 Å². The van der Waals surface area contributed by atoms with Gasteiger partial charge in [-0.15, -0.1) is 0 Å². The third-order valence-corrected chi connectivity index (χ3v) is 6.12. The zero-order valence-corrected chi connectivity index (χ0v) is 19.4. The Labute approximate surface area is 208 Å². The molecule has 3 heterocycles. The summed E-state index contributed by atoms with van der Waals surface area (Å²) in [6.45, 7) is 1.38. The molecule has 2 atom stereocenters. The Morgan fingerprint density at radius 1 is 1.14 bits per heavy atom. The molecule has 0 spiro atoms. The molecule has 12 heteroatoms. The van der Waals surface area contributed by atoms with Crippen LogP contribution in [0.5, 0.6) is 0 Å². The number of nitrogens with zero attached hydrogens (tertiary/aromatic N) is 4. The Hall–Kier alpha value is -4.58. The molecular formula is C25H20F2N6O4. The van der Waals surface area contributed by atoms with Crippen molar-refractivity contribution in [3.63, 3.8) is 0 Å². The third-order valence-electron chi connectivity index (χ3n) is 6.12. The minimum absolute atomic E-state index is 0.0539. The summed E-state index contributed by atoms with van der Waals surface area (Å²) in [7, 11) is 0. The highest BCUT2D eigenvalue weighted by Gasteiger charge is 2.33. The molecule has 0 saturated carbocycles. The maximum Gasteiger partial charge on any atom is 0.270 e. The molecule has 1 aromatic carbocycles. The molecule has 37 heavy (non-hydrogen) atoms. The van der Waals surface area contributed by atoms with Gasteiger partial charge in [0.2, 0.25) is 5.95 Å². The number of pyridine rings is 1. The maximum atomic E-state index is 14.4. The van der Waals surface area contributed by atoms with Crippen LogP contribution in [0.25, 0.3) is 5.65 Å². The number of amides is 2. The number of hydrogen-bond donors (Lipinski definition) is 3. The summed E-state index contributed by atoms with van der Waals surface area (Å²) < 4.78 is 28.6. The number of carbonyl (C=O) groups excluding carboxylic acids is 3. The molecular weight excluding hydrogens is 486 g/mol. The number of aliphatic hydroxyl groups is 1. The second kappa shape index (κ2) is 9.47. The summed E-state index contributed by atoms with van der Waals surface area (Å²) in [5.41, 5.74) is 1.52. The number of benzene rings is 1. The first-order valence-corrected chi connectivity index (χ1v) is 11.3. The lowest BCUT2D eigenvalue weighted by atomic mass is 10.0. The van der Waals surface area contributed by atoms with Crippen molar-refractivity contribution in [2.75, 3.05) is 0 Å². The summed E-state index contributed by atoms with van der Waals surface area (Å²) in [5.74, 6) is -3.13. The maximum absolute atomic E-state index is 14.4. The van der Waals surface area contributed by atoms with Crippen LogP contribution in [0.3, 0.4) is 0 Å². The van der Waals surface area contributed by atoms with Crippen molar-refractivity contribution < 1.29 is 28.3 Å². The van der Waals surface area contributed by atoms with Crippen LogP contribution in [0, 0.1) is 11.8 Å². The normalized spacial score (nSPS) is 16.4. The number of nitrogens with one attached hydrogen (secondary N) is 2. The highest BCUT2D eigenvalue weighted by Crippen LogP contribution is 2.32. The van der Waals surface area contributed by atoms with Crippen LogP contribution >= 0.6 is 0 Å². The molecule has 0 saturated heterocycles. The van der Waals surface area contributed by atoms with Crippen LogP contribution in [0.15, 0.2) is 48.8 Å². The van der Waals surface area contributed by atoms with E-state index in [9.17, 15) is 28.3 Å².